The smallest absolute Gasteiger partial charge is 0.282 e. The topological polar surface area (TPSA) is 72.6 Å². The van der Waals surface area contributed by atoms with E-state index in [4.69, 9.17) is 4.74 Å². The van der Waals surface area contributed by atoms with Crippen molar-refractivity contribution >= 4 is 5.91 Å². The molecule has 0 saturated carbocycles. The van der Waals surface area contributed by atoms with Crippen LogP contribution in [0.5, 0.6) is 0 Å². The number of para-hydroxylation sites is 1. The molecular weight excluding hydrogens is 454 g/mol. The summed E-state index contributed by atoms with van der Waals surface area (Å²) in [6.07, 6.45) is 4.56. The molecule has 0 radical (unpaired) electrons. The number of nitrogens with zero attached hydrogens (tertiary/aromatic N) is 5. The lowest BCUT2D eigenvalue weighted by Gasteiger charge is -2.35. The number of pyridine rings is 1. The number of piperazine rings is 1. The Balaban J connectivity index is 1.37. The Morgan fingerprint density at radius 2 is 1.61 bits per heavy atom. The predicted molar refractivity (Wildman–Crippen MR) is 139 cm³/mol. The van der Waals surface area contributed by atoms with Gasteiger partial charge in [-0.05, 0) is 24.1 Å². The van der Waals surface area contributed by atoms with Gasteiger partial charge in [0, 0.05) is 58.8 Å². The van der Waals surface area contributed by atoms with Crippen LogP contribution in [0.15, 0.2) is 77.9 Å². The lowest BCUT2D eigenvalue weighted by atomic mass is 10.1. The van der Waals surface area contributed by atoms with Gasteiger partial charge in [-0.25, -0.2) is 0 Å². The second kappa shape index (κ2) is 10.9. The Morgan fingerprint density at radius 3 is 2.31 bits per heavy atom. The Hall–Kier alpha value is -3.75. The molecule has 3 aliphatic rings. The molecule has 0 unspecified atom stereocenters. The Morgan fingerprint density at radius 1 is 0.917 bits per heavy atom. The van der Waals surface area contributed by atoms with E-state index < -0.39 is 0 Å². The summed E-state index contributed by atoms with van der Waals surface area (Å²) >= 11 is 0. The zero-order valence-corrected chi connectivity index (χ0v) is 20.5. The second-order valence-corrected chi connectivity index (χ2v) is 9.09. The van der Waals surface area contributed by atoms with Crippen LogP contribution in [0.4, 0.5) is 0 Å². The highest BCUT2D eigenvalue weighted by Gasteiger charge is 2.29. The maximum Gasteiger partial charge on any atom is 0.282 e. The summed E-state index contributed by atoms with van der Waals surface area (Å²) in [5.41, 5.74) is 3.09. The fourth-order valence-corrected chi connectivity index (χ4v) is 4.66. The number of benzene rings is 2. The Bertz CT molecular complexity index is 1320. The largest absolute Gasteiger partial charge is 0.383 e. The molecule has 1 fully saturated rings. The summed E-state index contributed by atoms with van der Waals surface area (Å²) in [5.74, 6) is -0.0906. The monoisotopic (exact) mass is 485 g/mol. The number of carbonyl (C=O) groups is 1. The van der Waals surface area contributed by atoms with E-state index in [-0.39, 0.29) is 11.5 Å². The standard InChI is InChI=1S/C28H31N5O3/c1-36-19-18-31-20-24(26-25(21-31)28(35)33(29-26)23-10-6-3-7-11-23)27(34)32-16-14-30(15-17-32)13-12-22-8-4-2-5-9-22/h2-11,20-21H,12-19H2,1H3. The van der Waals surface area contributed by atoms with Crippen molar-refractivity contribution in [2.45, 2.75) is 13.0 Å². The van der Waals surface area contributed by atoms with Gasteiger partial charge in [-0.2, -0.15) is 9.78 Å². The van der Waals surface area contributed by atoms with Crippen molar-refractivity contribution in [3.05, 3.63) is 94.5 Å². The van der Waals surface area contributed by atoms with E-state index in [9.17, 15) is 9.59 Å². The van der Waals surface area contributed by atoms with Crippen LogP contribution >= 0.6 is 0 Å². The summed E-state index contributed by atoms with van der Waals surface area (Å²) in [5, 5.41) is 4.60. The molecule has 5 rings (SSSR count). The molecule has 186 valence electrons. The van der Waals surface area contributed by atoms with Crippen molar-refractivity contribution in [3.63, 3.8) is 0 Å². The highest BCUT2D eigenvalue weighted by atomic mass is 16.5. The third kappa shape index (κ3) is 5.10. The van der Waals surface area contributed by atoms with Crippen molar-refractivity contribution in [1.82, 2.24) is 24.1 Å². The van der Waals surface area contributed by atoms with Gasteiger partial charge in [-0.1, -0.05) is 48.5 Å². The summed E-state index contributed by atoms with van der Waals surface area (Å²) in [6, 6.07) is 19.8. The van der Waals surface area contributed by atoms with Crippen LogP contribution in [-0.4, -0.2) is 76.5 Å². The molecule has 8 heteroatoms. The highest BCUT2D eigenvalue weighted by molar-refractivity contribution is 6.00. The normalized spacial score (nSPS) is 14.4. The maximum absolute atomic E-state index is 13.7. The van der Waals surface area contributed by atoms with Gasteiger partial charge in [0.15, 0.2) is 0 Å². The summed E-state index contributed by atoms with van der Waals surface area (Å²) in [6.45, 7) is 4.92. The summed E-state index contributed by atoms with van der Waals surface area (Å²) in [4.78, 5) is 31.2. The van der Waals surface area contributed by atoms with Gasteiger partial charge >= 0.3 is 0 Å². The van der Waals surface area contributed by atoms with E-state index in [0.29, 0.717) is 48.7 Å². The van der Waals surface area contributed by atoms with Crippen molar-refractivity contribution in [3.8, 4) is 16.9 Å². The average Bonchev–Trinajstić information content (AvgIpc) is 3.27. The number of aromatic nitrogens is 3. The van der Waals surface area contributed by atoms with Gasteiger partial charge < -0.3 is 14.2 Å². The quantitative estimate of drug-likeness (QED) is 0.384. The molecule has 0 atom stereocenters. The highest BCUT2D eigenvalue weighted by Crippen LogP contribution is 2.24. The van der Waals surface area contributed by atoms with Gasteiger partial charge in [0.2, 0.25) is 0 Å². The number of methoxy groups -OCH3 is 1. The third-order valence-electron chi connectivity index (χ3n) is 6.73. The SMILES string of the molecule is COCCn1cc(C(=O)N2CCN(CCc3ccccc3)CC2)c2nn(-c3ccccc3)c(=O)c-2c1. The molecule has 1 amide bonds. The van der Waals surface area contributed by atoms with E-state index in [2.05, 4.69) is 34.3 Å². The number of hydrogen-bond donors (Lipinski definition) is 0. The van der Waals surface area contributed by atoms with Crippen molar-refractivity contribution in [2.24, 2.45) is 0 Å². The van der Waals surface area contributed by atoms with Crippen LogP contribution in [0.2, 0.25) is 0 Å². The van der Waals surface area contributed by atoms with Gasteiger partial charge in [0.1, 0.15) is 5.69 Å². The zero-order valence-electron chi connectivity index (χ0n) is 20.5. The number of carbonyl (C=O) groups excluding carboxylic acids is 1. The van der Waals surface area contributed by atoms with E-state index in [0.717, 1.165) is 26.1 Å². The maximum atomic E-state index is 13.7. The Kier molecular flexibility index (Phi) is 7.25. The number of amides is 1. The van der Waals surface area contributed by atoms with Gasteiger partial charge in [0.25, 0.3) is 11.5 Å². The number of fused-ring (bicyclic) bond motifs is 1. The molecule has 2 aromatic carbocycles. The van der Waals surface area contributed by atoms with Gasteiger partial charge in [-0.3, -0.25) is 14.5 Å². The first-order chi connectivity index (χ1) is 17.6. The molecular formula is C28H31N5O3. The first-order valence-electron chi connectivity index (χ1n) is 12.4. The van der Waals surface area contributed by atoms with Crippen LogP contribution in [0.3, 0.4) is 0 Å². The molecule has 8 nitrogen and oxygen atoms in total. The molecule has 0 spiro atoms. The van der Waals surface area contributed by atoms with E-state index in [1.807, 2.05) is 45.9 Å². The molecule has 2 aromatic rings. The van der Waals surface area contributed by atoms with Gasteiger partial charge in [-0.15, -0.1) is 0 Å². The molecule has 0 bridgehead atoms. The summed E-state index contributed by atoms with van der Waals surface area (Å²) < 4.78 is 8.46. The van der Waals surface area contributed by atoms with E-state index in [1.165, 1.54) is 10.2 Å². The average molecular weight is 486 g/mol. The lowest BCUT2D eigenvalue weighted by Crippen LogP contribution is -2.49. The van der Waals surface area contributed by atoms with Crippen LogP contribution in [-0.2, 0) is 17.7 Å². The minimum Gasteiger partial charge on any atom is -0.383 e. The third-order valence-corrected chi connectivity index (χ3v) is 6.73. The molecule has 1 saturated heterocycles. The predicted octanol–water partition coefficient (Wildman–Crippen LogP) is 2.79. The minimum atomic E-state index is -0.234. The Labute approximate surface area is 210 Å². The lowest BCUT2D eigenvalue weighted by molar-refractivity contribution is 0.0638. The fourth-order valence-electron chi connectivity index (χ4n) is 4.66. The fraction of sp³-hybridized carbons (Fsp3) is 0.321. The van der Waals surface area contributed by atoms with Crippen LogP contribution in [0.1, 0.15) is 15.9 Å². The molecule has 3 heterocycles. The van der Waals surface area contributed by atoms with Gasteiger partial charge in [0.05, 0.1) is 23.4 Å². The first-order valence-corrected chi connectivity index (χ1v) is 12.4. The van der Waals surface area contributed by atoms with E-state index in [1.54, 1.807) is 19.5 Å². The molecule has 0 aliphatic carbocycles. The minimum absolute atomic E-state index is 0.0906. The molecule has 0 N–H and O–H groups in total. The number of hydrogen-bond acceptors (Lipinski definition) is 5. The van der Waals surface area contributed by atoms with Crippen molar-refractivity contribution < 1.29 is 9.53 Å². The molecule has 3 aliphatic heterocycles. The van der Waals surface area contributed by atoms with Crippen LogP contribution in [0, 0.1) is 0 Å². The van der Waals surface area contributed by atoms with Crippen molar-refractivity contribution in [2.75, 3.05) is 46.4 Å². The summed E-state index contributed by atoms with van der Waals surface area (Å²) in [7, 11) is 1.63. The van der Waals surface area contributed by atoms with Crippen molar-refractivity contribution in [1.29, 1.82) is 0 Å². The van der Waals surface area contributed by atoms with E-state index >= 15 is 0 Å². The number of rotatable bonds is 8. The van der Waals surface area contributed by atoms with Crippen LogP contribution in [0.25, 0.3) is 16.9 Å². The zero-order chi connectivity index (χ0) is 24.9. The first kappa shape index (κ1) is 24.0. The van der Waals surface area contributed by atoms with Crippen LogP contribution < -0.4 is 5.56 Å². The molecule has 0 aromatic heterocycles. The molecule has 36 heavy (non-hydrogen) atoms. The number of ether oxygens (including phenoxy) is 1. The second-order valence-electron chi connectivity index (χ2n) is 9.09.